The van der Waals surface area contributed by atoms with E-state index < -0.39 is 12.6 Å². The molecule has 1 aromatic rings. The van der Waals surface area contributed by atoms with Crippen molar-refractivity contribution in [3.8, 4) is 0 Å². The molecular weight excluding hydrogens is 206 g/mol. The van der Waals surface area contributed by atoms with Crippen LogP contribution in [-0.2, 0) is 9.63 Å². The van der Waals surface area contributed by atoms with E-state index in [4.69, 9.17) is 9.94 Å². The highest BCUT2D eigenvalue weighted by molar-refractivity contribution is 6.00. The van der Waals surface area contributed by atoms with E-state index >= 15 is 0 Å². The van der Waals surface area contributed by atoms with Gasteiger partial charge in [-0.15, -0.1) is 0 Å². The Morgan fingerprint density at radius 3 is 2.50 bits per heavy atom. The fourth-order valence-corrected chi connectivity index (χ4v) is 1.23. The number of oxime groups is 1. The third-order valence-electron chi connectivity index (χ3n) is 2.08. The van der Waals surface area contributed by atoms with E-state index in [-0.39, 0.29) is 0 Å². The normalized spacial score (nSPS) is 11.2. The van der Waals surface area contributed by atoms with Gasteiger partial charge in [-0.05, 0) is 18.9 Å². The maximum atomic E-state index is 10.3. The fraction of sp³-hybridized carbons (Fsp3) is 0.333. The standard InChI is InChI=1S/C12H15NO3/c1-3-11(13-16-8-12(14)15)10-6-4-9(2)5-7-10/h4-7H,3,8H2,1-2H3,(H,14,15). The Morgan fingerprint density at radius 2 is 2.00 bits per heavy atom. The van der Waals surface area contributed by atoms with Crippen molar-refractivity contribution in [3.63, 3.8) is 0 Å². The summed E-state index contributed by atoms with van der Waals surface area (Å²) in [6, 6.07) is 7.86. The summed E-state index contributed by atoms with van der Waals surface area (Å²) in [6.07, 6.45) is 0.697. The van der Waals surface area contributed by atoms with Gasteiger partial charge in [0, 0.05) is 0 Å². The van der Waals surface area contributed by atoms with Crippen LogP contribution < -0.4 is 0 Å². The summed E-state index contributed by atoms with van der Waals surface area (Å²) in [6.45, 7) is 3.55. The average molecular weight is 221 g/mol. The number of aliphatic carboxylic acids is 1. The molecule has 86 valence electrons. The summed E-state index contributed by atoms with van der Waals surface area (Å²) in [5.74, 6) is -1.02. The zero-order chi connectivity index (χ0) is 12.0. The fourth-order valence-electron chi connectivity index (χ4n) is 1.23. The van der Waals surface area contributed by atoms with Gasteiger partial charge in [0.1, 0.15) is 0 Å². The molecule has 0 aromatic heterocycles. The average Bonchev–Trinajstić information content (AvgIpc) is 2.26. The van der Waals surface area contributed by atoms with Crippen LogP contribution in [0.25, 0.3) is 0 Å². The van der Waals surface area contributed by atoms with Crippen molar-refractivity contribution in [1.82, 2.24) is 0 Å². The van der Waals surface area contributed by atoms with E-state index in [9.17, 15) is 4.79 Å². The van der Waals surface area contributed by atoms with Gasteiger partial charge in [0.2, 0.25) is 6.61 Å². The predicted molar refractivity (Wildman–Crippen MR) is 61.6 cm³/mol. The first-order valence-corrected chi connectivity index (χ1v) is 5.11. The second-order valence-corrected chi connectivity index (χ2v) is 3.42. The van der Waals surface area contributed by atoms with Gasteiger partial charge in [-0.25, -0.2) is 4.79 Å². The Balaban J connectivity index is 2.73. The zero-order valence-corrected chi connectivity index (χ0v) is 9.43. The molecule has 0 bridgehead atoms. The van der Waals surface area contributed by atoms with Gasteiger partial charge in [0.25, 0.3) is 0 Å². The molecule has 0 radical (unpaired) electrons. The number of hydrogen-bond acceptors (Lipinski definition) is 3. The largest absolute Gasteiger partial charge is 0.479 e. The molecule has 0 amide bonds. The minimum Gasteiger partial charge on any atom is -0.479 e. The number of hydrogen-bond donors (Lipinski definition) is 1. The lowest BCUT2D eigenvalue weighted by molar-refractivity contribution is -0.142. The van der Waals surface area contributed by atoms with Gasteiger partial charge in [-0.2, -0.15) is 0 Å². The molecule has 0 heterocycles. The summed E-state index contributed by atoms with van der Waals surface area (Å²) < 4.78 is 0. The molecule has 0 saturated carbocycles. The Labute approximate surface area is 94.5 Å². The number of carboxylic acid groups (broad SMARTS) is 1. The van der Waals surface area contributed by atoms with E-state index in [0.717, 1.165) is 11.3 Å². The van der Waals surface area contributed by atoms with Gasteiger partial charge in [-0.1, -0.05) is 41.9 Å². The molecule has 1 aromatic carbocycles. The third kappa shape index (κ3) is 3.73. The highest BCUT2D eigenvalue weighted by atomic mass is 16.6. The van der Waals surface area contributed by atoms with Crippen LogP contribution in [0, 0.1) is 6.92 Å². The van der Waals surface area contributed by atoms with Crippen LogP contribution in [0.3, 0.4) is 0 Å². The predicted octanol–water partition coefficient (Wildman–Crippen LogP) is 2.21. The number of rotatable bonds is 5. The number of benzene rings is 1. The first kappa shape index (κ1) is 12.2. The molecule has 0 atom stereocenters. The van der Waals surface area contributed by atoms with E-state index in [2.05, 4.69) is 5.16 Å². The van der Waals surface area contributed by atoms with Crippen LogP contribution in [0.2, 0.25) is 0 Å². The first-order valence-electron chi connectivity index (χ1n) is 5.11. The Morgan fingerprint density at radius 1 is 1.38 bits per heavy atom. The van der Waals surface area contributed by atoms with Crippen molar-refractivity contribution in [2.75, 3.05) is 6.61 Å². The molecule has 1 N–H and O–H groups in total. The molecule has 0 fully saturated rings. The Hall–Kier alpha value is -1.84. The van der Waals surface area contributed by atoms with Gasteiger partial charge < -0.3 is 9.94 Å². The van der Waals surface area contributed by atoms with E-state index in [1.54, 1.807) is 0 Å². The van der Waals surface area contributed by atoms with Crippen molar-refractivity contribution in [2.24, 2.45) is 5.16 Å². The molecule has 4 heteroatoms. The lowest BCUT2D eigenvalue weighted by Gasteiger charge is -2.03. The van der Waals surface area contributed by atoms with Crippen molar-refractivity contribution >= 4 is 11.7 Å². The summed E-state index contributed by atoms with van der Waals surface area (Å²) in [5, 5.41) is 12.2. The number of nitrogens with zero attached hydrogens (tertiary/aromatic N) is 1. The number of carbonyl (C=O) groups is 1. The molecule has 16 heavy (non-hydrogen) atoms. The molecule has 0 saturated heterocycles. The maximum absolute atomic E-state index is 10.3. The van der Waals surface area contributed by atoms with Crippen molar-refractivity contribution < 1.29 is 14.7 Å². The second-order valence-electron chi connectivity index (χ2n) is 3.42. The second kappa shape index (κ2) is 5.90. The highest BCUT2D eigenvalue weighted by Crippen LogP contribution is 2.07. The van der Waals surface area contributed by atoms with E-state index in [0.29, 0.717) is 6.42 Å². The minimum absolute atomic E-state index is 0.407. The molecule has 4 nitrogen and oxygen atoms in total. The van der Waals surface area contributed by atoms with Crippen LogP contribution in [0.1, 0.15) is 24.5 Å². The van der Waals surface area contributed by atoms with Gasteiger partial charge in [0.15, 0.2) is 0 Å². The quantitative estimate of drug-likeness (QED) is 0.612. The molecular formula is C12H15NO3. The van der Waals surface area contributed by atoms with Crippen molar-refractivity contribution in [3.05, 3.63) is 35.4 Å². The van der Waals surface area contributed by atoms with E-state index in [1.165, 1.54) is 5.56 Å². The van der Waals surface area contributed by atoms with Gasteiger partial charge >= 0.3 is 5.97 Å². The topological polar surface area (TPSA) is 58.9 Å². The summed E-state index contributed by atoms with van der Waals surface area (Å²) in [4.78, 5) is 15.0. The monoisotopic (exact) mass is 221 g/mol. The lowest BCUT2D eigenvalue weighted by Crippen LogP contribution is -2.06. The Bertz CT molecular complexity index is 382. The highest BCUT2D eigenvalue weighted by Gasteiger charge is 2.02. The van der Waals surface area contributed by atoms with Crippen molar-refractivity contribution in [2.45, 2.75) is 20.3 Å². The van der Waals surface area contributed by atoms with Crippen LogP contribution in [0.15, 0.2) is 29.4 Å². The summed E-state index contributed by atoms with van der Waals surface area (Å²) in [7, 11) is 0. The van der Waals surface area contributed by atoms with Crippen LogP contribution in [0.4, 0.5) is 0 Å². The van der Waals surface area contributed by atoms with Crippen LogP contribution in [-0.4, -0.2) is 23.4 Å². The SMILES string of the molecule is CCC(=NOCC(=O)O)c1ccc(C)cc1. The smallest absolute Gasteiger partial charge is 0.344 e. The number of carboxylic acids is 1. The van der Waals surface area contributed by atoms with Gasteiger partial charge in [0.05, 0.1) is 5.71 Å². The first-order chi connectivity index (χ1) is 7.63. The molecule has 0 spiro atoms. The number of aryl methyl sites for hydroxylation is 1. The third-order valence-corrected chi connectivity index (χ3v) is 2.08. The maximum Gasteiger partial charge on any atom is 0.344 e. The molecule has 0 aliphatic rings. The molecule has 1 rings (SSSR count). The summed E-state index contributed by atoms with van der Waals surface area (Å²) in [5.41, 5.74) is 2.88. The van der Waals surface area contributed by atoms with Crippen LogP contribution in [0.5, 0.6) is 0 Å². The molecule has 0 aliphatic carbocycles. The van der Waals surface area contributed by atoms with Gasteiger partial charge in [-0.3, -0.25) is 0 Å². The lowest BCUT2D eigenvalue weighted by atomic mass is 10.1. The zero-order valence-electron chi connectivity index (χ0n) is 9.43. The molecule has 0 aliphatic heterocycles. The minimum atomic E-state index is -1.02. The van der Waals surface area contributed by atoms with Crippen molar-refractivity contribution in [1.29, 1.82) is 0 Å². The van der Waals surface area contributed by atoms with Crippen LogP contribution >= 0.6 is 0 Å². The summed E-state index contributed by atoms with van der Waals surface area (Å²) >= 11 is 0. The molecule has 0 unspecified atom stereocenters. The Kier molecular flexibility index (Phi) is 4.51. The van der Waals surface area contributed by atoms with E-state index in [1.807, 2.05) is 38.1 Å².